The van der Waals surface area contributed by atoms with Gasteiger partial charge in [0.15, 0.2) is 5.78 Å². The van der Waals surface area contributed by atoms with E-state index < -0.39 is 0 Å². The number of carbonyl (C=O) groups is 1. The van der Waals surface area contributed by atoms with Crippen molar-refractivity contribution in [3.05, 3.63) is 11.6 Å². The molecule has 0 aromatic rings. The average Bonchev–Trinajstić information content (AvgIpc) is 2.49. The van der Waals surface area contributed by atoms with Gasteiger partial charge in [0.25, 0.3) is 0 Å². The summed E-state index contributed by atoms with van der Waals surface area (Å²) >= 11 is 0. The lowest BCUT2D eigenvalue weighted by molar-refractivity contribution is -0.115. The predicted octanol–water partition coefficient (Wildman–Crippen LogP) is 2.36. The van der Waals surface area contributed by atoms with Crippen LogP contribution >= 0.6 is 0 Å². The molecular formula is C11H13NO. The van der Waals surface area contributed by atoms with Gasteiger partial charge >= 0.3 is 0 Å². The van der Waals surface area contributed by atoms with Crippen molar-refractivity contribution < 1.29 is 4.79 Å². The van der Waals surface area contributed by atoms with Crippen molar-refractivity contribution in [2.75, 3.05) is 0 Å². The van der Waals surface area contributed by atoms with Crippen molar-refractivity contribution >= 4 is 5.78 Å². The zero-order valence-electron chi connectivity index (χ0n) is 7.68. The van der Waals surface area contributed by atoms with E-state index in [1.165, 1.54) is 5.57 Å². The Morgan fingerprint density at radius 1 is 1.46 bits per heavy atom. The first-order valence-electron chi connectivity index (χ1n) is 4.88. The van der Waals surface area contributed by atoms with Gasteiger partial charge in [-0.2, -0.15) is 5.26 Å². The number of carbonyl (C=O) groups excluding carboxylic acids is 1. The van der Waals surface area contributed by atoms with Gasteiger partial charge in [-0.15, -0.1) is 0 Å². The molecule has 0 amide bonds. The Kier molecular flexibility index (Phi) is 1.95. The van der Waals surface area contributed by atoms with Crippen LogP contribution in [0.4, 0.5) is 0 Å². The molecule has 1 saturated carbocycles. The topological polar surface area (TPSA) is 40.9 Å². The van der Waals surface area contributed by atoms with Crippen molar-refractivity contribution in [3.8, 4) is 6.07 Å². The van der Waals surface area contributed by atoms with Gasteiger partial charge in [-0.1, -0.05) is 5.57 Å². The van der Waals surface area contributed by atoms with Crippen LogP contribution in [-0.4, -0.2) is 5.78 Å². The molecule has 1 atom stereocenters. The van der Waals surface area contributed by atoms with Gasteiger partial charge in [0.2, 0.25) is 0 Å². The molecule has 0 spiro atoms. The average molecular weight is 175 g/mol. The second-order valence-electron chi connectivity index (χ2n) is 4.10. The highest BCUT2D eigenvalue weighted by atomic mass is 16.1. The second kappa shape index (κ2) is 2.99. The summed E-state index contributed by atoms with van der Waals surface area (Å²) in [5, 5.41) is 8.76. The van der Waals surface area contributed by atoms with Crippen LogP contribution in [0.1, 0.15) is 38.5 Å². The van der Waals surface area contributed by atoms with Crippen LogP contribution in [0.5, 0.6) is 0 Å². The summed E-state index contributed by atoms with van der Waals surface area (Å²) in [7, 11) is 0. The first-order chi connectivity index (χ1) is 6.27. The lowest BCUT2D eigenvalue weighted by Crippen LogP contribution is -2.23. The highest BCUT2D eigenvalue weighted by Gasteiger charge is 2.40. The third kappa shape index (κ3) is 1.29. The minimum Gasteiger partial charge on any atom is -0.295 e. The number of nitrogens with zero attached hydrogens (tertiary/aromatic N) is 1. The van der Waals surface area contributed by atoms with Crippen LogP contribution < -0.4 is 0 Å². The predicted molar refractivity (Wildman–Crippen MR) is 48.8 cm³/mol. The number of fused-ring (bicyclic) bond motifs is 1. The summed E-state index contributed by atoms with van der Waals surface area (Å²) < 4.78 is 0. The maximum Gasteiger partial charge on any atom is 0.155 e. The maximum atomic E-state index is 11.2. The first-order valence-corrected chi connectivity index (χ1v) is 4.88. The Labute approximate surface area is 78.2 Å². The normalized spacial score (nSPS) is 32.2. The summed E-state index contributed by atoms with van der Waals surface area (Å²) in [4.78, 5) is 11.2. The van der Waals surface area contributed by atoms with Crippen molar-refractivity contribution in [2.24, 2.45) is 5.41 Å². The van der Waals surface area contributed by atoms with Gasteiger partial charge in [-0.25, -0.2) is 0 Å². The van der Waals surface area contributed by atoms with E-state index in [-0.39, 0.29) is 11.2 Å². The fraction of sp³-hybridized carbons (Fsp3) is 0.636. The van der Waals surface area contributed by atoms with Gasteiger partial charge in [-0.3, -0.25) is 4.79 Å². The zero-order valence-corrected chi connectivity index (χ0v) is 7.68. The number of rotatable bonds is 1. The Balaban J connectivity index is 2.32. The van der Waals surface area contributed by atoms with E-state index in [1.807, 2.05) is 0 Å². The molecule has 2 rings (SSSR count). The second-order valence-corrected chi connectivity index (χ2v) is 4.10. The van der Waals surface area contributed by atoms with Crippen LogP contribution in [0.3, 0.4) is 0 Å². The first kappa shape index (κ1) is 8.50. The molecule has 0 heterocycles. The van der Waals surface area contributed by atoms with Crippen molar-refractivity contribution in [2.45, 2.75) is 38.5 Å². The quantitative estimate of drug-likeness (QED) is 0.613. The van der Waals surface area contributed by atoms with E-state index in [0.29, 0.717) is 12.8 Å². The molecule has 0 radical (unpaired) electrons. The molecule has 1 unspecified atom stereocenters. The van der Waals surface area contributed by atoms with Gasteiger partial charge in [0.1, 0.15) is 0 Å². The molecule has 0 bridgehead atoms. The lowest BCUT2D eigenvalue weighted by atomic mass is 9.72. The molecule has 1 fully saturated rings. The largest absolute Gasteiger partial charge is 0.295 e. The molecule has 0 aromatic carbocycles. The third-order valence-corrected chi connectivity index (χ3v) is 3.39. The fourth-order valence-electron chi connectivity index (χ4n) is 2.62. The van der Waals surface area contributed by atoms with Gasteiger partial charge in [0, 0.05) is 18.3 Å². The van der Waals surface area contributed by atoms with Crippen LogP contribution in [0.2, 0.25) is 0 Å². The standard InChI is InChI=1S/C11H13NO/c12-7-6-11-4-1-2-9(11)8-10(13)3-5-11/h8H,1-6H2. The summed E-state index contributed by atoms with van der Waals surface area (Å²) in [6, 6.07) is 2.26. The number of allylic oxidation sites excluding steroid dienone is 2. The van der Waals surface area contributed by atoms with E-state index in [9.17, 15) is 4.79 Å². The van der Waals surface area contributed by atoms with Crippen LogP contribution in [0.25, 0.3) is 0 Å². The van der Waals surface area contributed by atoms with Crippen molar-refractivity contribution in [3.63, 3.8) is 0 Å². The minimum atomic E-state index is 0.0999. The molecule has 0 N–H and O–H groups in total. The van der Waals surface area contributed by atoms with Crippen LogP contribution in [0.15, 0.2) is 11.6 Å². The molecule has 0 aliphatic heterocycles. The Morgan fingerprint density at radius 2 is 2.31 bits per heavy atom. The smallest absolute Gasteiger partial charge is 0.155 e. The molecule has 68 valence electrons. The van der Waals surface area contributed by atoms with E-state index in [4.69, 9.17) is 5.26 Å². The Hall–Kier alpha value is -1.10. The van der Waals surface area contributed by atoms with Crippen LogP contribution in [-0.2, 0) is 4.79 Å². The van der Waals surface area contributed by atoms with E-state index >= 15 is 0 Å². The summed E-state index contributed by atoms with van der Waals surface area (Å²) in [5.74, 6) is 0.255. The molecule has 13 heavy (non-hydrogen) atoms. The molecule has 0 aromatic heterocycles. The van der Waals surface area contributed by atoms with Gasteiger partial charge in [-0.05, 0) is 31.8 Å². The highest BCUT2D eigenvalue weighted by Crippen LogP contribution is 2.50. The number of nitriles is 1. The number of hydrogen-bond donors (Lipinski definition) is 0. The highest BCUT2D eigenvalue weighted by molar-refractivity contribution is 5.91. The van der Waals surface area contributed by atoms with E-state index in [1.54, 1.807) is 6.08 Å². The summed E-state index contributed by atoms with van der Waals surface area (Å²) in [6.07, 6.45) is 7.25. The number of ketones is 1. The minimum absolute atomic E-state index is 0.0999. The molecule has 0 saturated heterocycles. The van der Waals surface area contributed by atoms with E-state index in [2.05, 4.69) is 6.07 Å². The van der Waals surface area contributed by atoms with Gasteiger partial charge in [0.05, 0.1) is 6.07 Å². The SMILES string of the molecule is N#CCC12CCCC1=CC(=O)CC2. The Bertz CT molecular complexity index is 311. The van der Waals surface area contributed by atoms with Gasteiger partial charge < -0.3 is 0 Å². The molecule has 2 nitrogen and oxygen atoms in total. The summed E-state index contributed by atoms with van der Waals surface area (Å²) in [5.41, 5.74) is 1.35. The van der Waals surface area contributed by atoms with Crippen molar-refractivity contribution in [1.29, 1.82) is 5.26 Å². The monoisotopic (exact) mass is 175 g/mol. The molecular weight excluding hydrogens is 162 g/mol. The van der Waals surface area contributed by atoms with Crippen LogP contribution in [0, 0.1) is 16.7 Å². The lowest BCUT2D eigenvalue weighted by Gasteiger charge is -2.31. The third-order valence-electron chi connectivity index (χ3n) is 3.39. The maximum absolute atomic E-state index is 11.2. The summed E-state index contributed by atoms with van der Waals surface area (Å²) in [6.45, 7) is 0. The molecule has 2 heteroatoms. The fourth-order valence-corrected chi connectivity index (χ4v) is 2.62. The zero-order chi connectivity index (χ0) is 9.31. The Morgan fingerprint density at radius 3 is 3.08 bits per heavy atom. The molecule has 2 aliphatic rings. The van der Waals surface area contributed by atoms with Crippen molar-refractivity contribution in [1.82, 2.24) is 0 Å². The molecule has 2 aliphatic carbocycles. The van der Waals surface area contributed by atoms with E-state index in [0.717, 1.165) is 25.7 Å². The number of hydrogen-bond acceptors (Lipinski definition) is 2.